The molecule has 0 aliphatic rings. The second-order valence-electron chi connectivity index (χ2n) is 4.08. The molecule has 0 bridgehead atoms. The Kier molecular flexibility index (Phi) is 8.54. The summed E-state index contributed by atoms with van der Waals surface area (Å²) in [4.78, 5) is 8.00. The number of carbonyl (C=O) groups excluding carboxylic acids is 1. The van der Waals surface area contributed by atoms with E-state index in [2.05, 4.69) is 13.8 Å². The molecule has 2 N–H and O–H groups in total. The maximum atomic E-state index is 8.94. The van der Waals surface area contributed by atoms with Gasteiger partial charge in [0.1, 0.15) is 18.3 Å². The van der Waals surface area contributed by atoms with Crippen LogP contribution in [-0.4, -0.2) is 17.0 Å². The number of hydrogen-bond donors (Lipinski definition) is 2. The zero-order valence-corrected chi connectivity index (χ0v) is 11.3. The molecule has 0 atom stereocenters. The minimum absolute atomic E-state index is 0.322. The number of para-hydroxylation sites is 1. The highest BCUT2D eigenvalue weighted by Crippen LogP contribution is 2.16. The second-order valence-corrected chi connectivity index (χ2v) is 4.08. The zero-order chi connectivity index (χ0) is 14.7. The van der Waals surface area contributed by atoms with Gasteiger partial charge in [0, 0.05) is 0 Å². The van der Waals surface area contributed by atoms with Crippen molar-refractivity contribution in [3.05, 3.63) is 60.2 Å². The lowest BCUT2D eigenvalue weighted by atomic mass is 10.0. The lowest BCUT2D eigenvalue weighted by Gasteiger charge is -2.03. The van der Waals surface area contributed by atoms with Crippen LogP contribution in [-0.2, 0) is 4.79 Å². The Hall–Kier alpha value is -2.29. The largest absolute Gasteiger partial charge is 0.508 e. The number of hydrogen-bond acceptors (Lipinski definition) is 3. The summed E-state index contributed by atoms with van der Waals surface area (Å²) in [6.45, 7) is 6.26. The Bertz CT molecular complexity index is 435. The Morgan fingerprint density at radius 3 is 1.53 bits per heavy atom. The minimum Gasteiger partial charge on any atom is -0.508 e. The van der Waals surface area contributed by atoms with Gasteiger partial charge in [-0.25, -0.2) is 0 Å². The third-order valence-corrected chi connectivity index (χ3v) is 2.32. The summed E-state index contributed by atoms with van der Waals surface area (Å²) in [5, 5.41) is 17.6. The summed E-state index contributed by atoms with van der Waals surface area (Å²) >= 11 is 0. The van der Waals surface area contributed by atoms with Crippen LogP contribution in [0.4, 0.5) is 0 Å². The van der Waals surface area contributed by atoms with E-state index >= 15 is 0 Å². The number of carbonyl (C=O) groups is 1. The first-order chi connectivity index (χ1) is 9.09. The van der Waals surface area contributed by atoms with Crippen molar-refractivity contribution in [2.45, 2.75) is 19.8 Å². The highest BCUT2D eigenvalue weighted by Gasteiger charge is 1.96. The van der Waals surface area contributed by atoms with Crippen molar-refractivity contribution in [1.29, 1.82) is 0 Å². The van der Waals surface area contributed by atoms with Gasteiger partial charge in [-0.05, 0) is 35.7 Å². The molecule has 3 heteroatoms. The van der Waals surface area contributed by atoms with Crippen LogP contribution in [0.3, 0.4) is 0 Å². The molecular weight excluding hydrogens is 240 g/mol. The number of rotatable bonds is 1. The van der Waals surface area contributed by atoms with Gasteiger partial charge in [-0.15, -0.1) is 0 Å². The van der Waals surface area contributed by atoms with E-state index in [0.29, 0.717) is 17.4 Å². The quantitative estimate of drug-likeness (QED) is 0.821. The molecule has 0 heterocycles. The van der Waals surface area contributed by atoms with Gasteiger partial charge >= 0.3 is 0 Å². The zero-order valence-electron chi connectivity index (χ0n) is 11.3. The van der Waals surface area contributed by atoms with E-state index in [0.717, 1.165) is 0 Å². The Balaban J connectivity index is 0.000000316. The molecule has 0 aromatic heterocycles. The fraction of sp³-hybridized carbons (Fsp3) is 0.188. The van der Waals surface area contributed by atoms with E-state index in [4.69, 9.17) is 15.0 Å². The molecule has 2 aromatic carbocycles. The van der Waals surface area contributed by atoms with Gasteiger partial charge in [0.05, 0.1) is 0 Å². The molecule has 3 nitrogen and oxygen atoms in total. The first-order valence-corrected chi connectivity index (χ1v) is 5.91. The summed E-state index contributed by atoms with van der Waals surface area (Å²) in [5.74, 6) is 1.20. The van der Waals surface area contributed by atoms with Crippen LogP contribution in [0.25, 0.3) is 0 Å². The third kappa shape index (κ3) is 7.60. The van der Waals surface area contributed by atoms with Crippen LogP contribution in [0.2, 0.25) is 0 Å². The van der Waals surface area contributed by atoms with Gasteiger partial charge in [0.2, 0.25) is 0 Å². The van der Waals surface area contributed by atoms with Gasteiger partial charge in [-0.3, -0.25) is 0 Å². The molecule has 0 aliphatic heterocycles. The highest BCUT2D eigenvalue weighted by atomic mass is 16.3. The van der Waals surface area contributed by atoms with Crippen LogP contribution in [0, 0.1) is 0 Å². The summed E-state index contributed by atoms with van der Waals surface area (Å²) < 4.78 is 0. The molecule has 0 unspecified atom stereocenters. The van der Waals surface area contributed by atoms with E-state index in [9.17, 15) is 0 Å². The van der Waals surface area contributed by atoms with E-state index in [1.54, 1.807) is 36.4 Å². The van der Waals surface area contributed by atoms with Crippen LogP contribution >= 0.6 is 0 Å². The van der Waals surface area contributed by atoms with Gasteiger partial charge in [-0.1, -0.05) is 44.2 Å². The molecule has 2 rings (SSSR count). The van der Waals surface area contributed by atoms with E-state index < -0.39 is 0 Å². The number of phenols is 2. The molecule has 0 fully saturated rings. The molecule has 0 amide bonds. The summed E-state index contributed by atoms with van der Waals surface area (Å²) in [6, 6.07) is 16.0. The molecule has 0 spiro atoms. The van der Waals surface area contributed by atoms with Crippen molar-refractivity contribution < 1.29 is 15.0 Å². The molecule has 0 saturated carbocycles. The molecular formula is C16H20O3. The smallest absolute Gasteiger partial charge is 0.115 e. The van der Waals surface area contributed by atoms with Gasteiger partial charge in [-0.2, -0.15) is 0 Å². The van der Waals surface area contributed by atoms with Crippen molar-refractivity contribution >= 4 is 6.79 Å². The van der Waals surface area contributed by atoms with Gasteiger partial charge < -0.3 is 15.0 Å². The van der Waals surface area contributed by atoms with Crippen molar-refractivity contribution in [1.82, 2.24) is 0 Å². The van der Waals surface area contributed by atoms with Crippen LogP contribution in [0.15, 0.2) is 54.6 Å². The average Bonchev–Trinajstić information content (AvgIpc) is 2.43. The summed E-state index contributed by atoms with van der Waals surface area (Å²) in [5.41, 5.74) is 1.26. The van der Waals surface area contributed by atoms with Gasteiger partial charge in [0.15, 0.2) is 0 Å². The van der Waals surface area contributed by atoms with Crippen LogP contribution in [0.1, 0.15) is 25.3 Å². The normalized spacial score (nSPS) is 8.79. The van der Waals surface area contributed by atoms with E-state index in [-0.39, 0.29) is 0 Å². The van der Waals surface area contributed by atoms with Crippen molar-refractivity contribution in [2.24, 2.45) is 0 Å². The Morgan fingerprint density at radius 1 is 0.789 bits per heavy atom. The highest BCUT2D eigenvalue weighted by molar-refractivity contribution is 5.27. The lowest BCUT2D eigenvalue weighted by molar-refractivity contribution is -0.0979. The summed E-state index contributed by atoms with van der Waals surface area (Å²) in [6.07, 6.45) is 0. The summed E-state index contributed by atoms with van der Waals surface area (Å²) in [7, 11) is 0. The third-order valence-electron chi connectivity index (χ3n) is 2.32. The molecule has 19 heavy (non-hydrogen) atoms. The minimum atomic E-state index is 0.322. The monoisotopic (exact) mass is 260 g/mol. The fourth-order valence-corrected chi connectivity index (χ4v) is 1.29. The number of phenolic OH excluding ortho intramolecular Hbond substituents is 2. The molecule has 0 radical (unpaired) electrons. The second kappa shape index (κ2) is 9.71. The lowest BCUT2D eigenvalue weighted by Crippen LogP contribution is -1.84. The maximum Gasteiger partial charge on any atom is 0.115 e. The first kappa shape index (κ1) is 16.7. The average molecular weight is 260 g/mol. The molecule has 0 saturated heterocycles. The van der Waals surface area contributed by atoms with Crippen LogP contribution < -0.4 is 0 Å². The van der Waals surface area contributed by atoms with Crippen LogP contribution in [0.5, 0.6) is 11.5 Å². The SMILES string of the molecule is C=O.CC(C)c1ccc(O)cc1.Oc1ccccc1. The molecule has 102 valence electrons. The molecule has 0 aliphatic carbocycles. The maximum absolute atomic E-state index is 8.94. The molecule has 2 aromatic rings. The van der Waals surface area contributed by atoms with E-state index in [1.807, 2.05) is 25.0 Å². The standard InChI is InChI=1S/C9H12O.C6H6O.CH2O/c1-7(2)8-3-5-9(10)6-4-8;7-6-4-2-1-3-5-6;1-2/h3-7,10H,1-2H3;1-5,7H;1H2. The number of aromatic hydroxyl groups is 2. The topological polar surface area (TPSA) is 57.5 Å². The van der Waals surface area contributed by atoms with Crippen molar-refractivity contribution in [3.63, 3.8) is 0 Å². The van der Waals surface area contributed by atoms with E-state index in [1.165, 1.54) is 5.56 Å². The van der Waals surface area contributed by atoms with Crippen molar-refractivity contribution in [2.75, 3.05) is 0 Å². The predicted molar refractivity (Wildman–Crippen MR) is 77.4 cm³/mol. The Labute approximate surface area is 114 Å². The predicted octanol–water partition coefficient (Wildman–Crippen LogP) is 3.72. The van der Waals surface area contributed by atoms with Gasteiger partial charge in [0.25, 0.3) is 0 Å². The Morgan fingerprint density at radius 2 is 1.21 bits per heavy atom. The fourth-order valence-electron chi connectivity index (χ4n) is 1.29. The van der Waals surface area contributed by atoms with Crippen molar-refractivity contribution in [3.8, 4) is 11.5 Å². The first-order valence-electron chi connectivity index (χ1n) is 5.91. The number of benzene rings is 2.